The molecule has 1 aromatic rings. The molecule has 0 saturated carbocycles. The molecule has 0 saturated heterocycles. The normalized spacial score (nSPS) is 10.6. The number of pyridine rings is 1. The van der Waals surface area contributed by atoms with Gasteiger partial charge in [0, 0.05) is 0 Å². The zero-order valence-electron chi connectivity index (χ0n) is 6.48. The van der Waals surface area contributed by atoms with Crippen LogP contribution in [0.2, 0.25) is 0 Å². The van der Waals surface area contributed by atoms with Crippen LogP contribution in [0.15, 0.2) is 10.9 Å². The number of aromatic nitrogens is 1. The van der Waals surface area contributed by atoms with Crippen molar-refractivity contribution in [1.29, 1.82) is 0 Å². The number of nitrogens with one attached hydrogen (secondary N) is 1. The minimum Gasteiger partial charge on any atom is -0.318 e. The second kappa shape index (κ2) is 3.83. The van der Waals surface area contributed by atoms with Crippen molar-refractivity contribution in [2.24, 2.45) is 0 Å². The molecule has 1 aromatic heterocycles. The third kappa shape index (κ3) is 1.95. The summed E-state index contributed by atoms with van der Waals surface area (Å²) in [4.78, 5) is 22.8. The lowest BCUT2D eigenvalue weighted by Crippen LogP contribution is -2.17. The van der Waals surface area contributed by atoms with Gasteiger partial charge in [-0.15, -0.1) is 0 Å². The van der Waals surface area contributed by atoms with E-state index in [9.17, 15) is 22.8 Å². The molecular formula is C7H3ClF3NO2. The fourth-order valence-electron chi connectivity index (χ4n) is 0.824. The van der Waals surface area contributed by atoms with E-state index in [1.165, 1.54) is 0 Å². The van der Waals surface area contributed by atoms with Crippen molar-refractivity contribution in [3.8, 4) is 0 Å². The summed E-state index contributed by atoms with van der Waals surface area (Å²) < 4.78 is 37.0. The zero-order chi connectivity index (χ0) is 10.9. The molecule has 0 aliphatic carbocycles. The van der Waals surface area contributed by atoms with Gasteiger partial charge in [0.25, 0.3) is 17.2 Å². The fourth-order valence-corrected chi connectivity index (χ4v) is 0.961. The van der Waals surface area contributed by atoms with Crippen LogP contribution in [0.3, 0.4) is 0 Å². The van der Waals surface area contributed by atoms with Gasteiger partial charge in [-0.1, -0.05) is 0 Å². The van der Waals surface area contributed by atoms with Gasteiger partial charge in [0.05, 0.1) is 11.3 Å². The number of alkyl halides is 2. The molecule has 0 spiro atoms. The number of aromatic amines is 1. The first-order valence-corrected chi connectivity index (χ1v) is 3.72. The second-order valence-corrected chi connectivity index (χ2v) is 2.70. The zero-order valence-corrected chi connectivity index (χ0v) is 7.24. The average molecular weight is 226 g/mol. The Morgan fingerprint density at radius 3 is 2.50 bits per heavy atom. The maximum atomic E-state index is 12.8. The van der Waals surface area contributed by atoms with Crippen LogP contribution in [0.5, 0.6) is 0 Å². The van der Waals surface area contributed by atoms with Gasteiger partial charge in [-0.3, -0.25) is 9.59 Å². The van der Waals surface area contributed by atoms with Crippen molar-refractivity contribution in [1.82, 2.24) is 4.98 Å². The summed E-state index contributed by atoms with van der Waals surface area (Å²) in [6, 6.07) is 0.511. The average Bonchev–Trinajstić information content (AvgIpc) is 2.08. The summed E-state index contributed by atoms with van der Waals surface area (Å²) in [5.41, 5.74) is -3.10. The molecule has 76 valence electrons. The van der Waals surface area contributed by atoms with Crippen molar-refractivity contribution in [2.75, 3.05) is 0 Å². The molecule has 0 bridgehead atoms. The van der Waals surface area contributed by atoms with Crippen molar-refractivity contribution < 1.29 is 18.0 Å². The molecule has 1 heterocycles. The molecule has 0 aromatic carbocycles. The van der Waals surface area contributed by atoms with Gasteiger partial charge in [-0.2, -0.15) is 0 Å². The Balaban J connectivity index is 3.43. The second-order valence-electron chi connectivity index (χ2n) is 2.36. The van der Waals surface area contributed by atoms with Crippen molar-refractivity contribution in [2.45, 2.75) is 6.43 Å². The summed E-state index contributed by atoms with van der Waals surface area (Å²) in [5, 5.41) is -1.30. The van der Waals surface area contributed by atoms with E-state index in [1.54, 1.807) is 4.98 Å². The van der Waals surface area contributed by atoms with Crippen LogP contribution < -0.4 is 5.56 Å². The van der Waals surface area contributed by atoms with E-state index < -0.39 is 34.3 Å². The highest BCUT2D eigenvalue weighted by Gasteiger charge is 2.18. The van der Waals surface area contributed by atoms with Crippen LogP contribution in [-0.4, -0.2) is 10.2 Å². The minimum absolute atomic E-state index is 0.511. The summed E-state index contributed by atoms with van der Waals surface area (Å²) in [7, 11) is 0. The van der Waals surface area contributed by atoms with Gasteiger partial charge < -0.3 is 4.98 Å². The maximum Gasteiger partial charge on any atom is 0.285 e. The van der Waals surface area contributed by atoms with E-state index in [2.05, 4.69) is 0 Å². The summed E-state index contributed by atoms with van der Waals surface area (Å²) >= 11 is 4.88. The summed E-state index contributed by atoms with van der Waals surface area (Å²) in [6.45, 7) is 0. The van der Waals surface area contributed by atoms with Crippen molar-refractivity contribution in [3.63, 3.8) is 0 Å². The molecule has 0 radical (unpaired) electrons. The van der Waals surface area contributed by atoms with E-state index in [0.29, 0.717) is 6.07 Å². The monoisotopic (exact) mass is 225 g/mol. The Morgan fingerprint density at radius 1 is 1.50 bits per heavy atom. The third-order valence-electron chi connectivity index (χ3n) is 1.44. The molecule has 0 amide bonds. The Hall–Kier alpha value is -1.30. The maximum absolute atomic E-state index is 12.8. The number of halogens is 4. The summed E-state index contributed by atoms with van der Waals surface area (Å²) in [6.07, 6.45) is -3.00. The van der Waals surface area contributed by atoms with Gasteiger partial charge in [-0.25, -0.2) is 13.2 Å². The van der Waals surface area contributed by atoms with E-state index in [0.717, 1.165) is 0 Å². The van der Waals surface area contributed by atoms with Gasteiger partial charge in [-0.05, 0) is 17.7 Å². The Bertz CT molecular complexity index is 429. The predicted molar refractivity (Wildman–Crippen MR) is 42.2 cm³/mol. The quantitative estimate of drug-likeness (QED) is 0.781. The number of H-pyrrole nitrogens is 1. The molecule has 3 nitrogen and oxygen atoms in total. The topological polar surface area (TPSA) is 49.9 Å². The van der Waals surface area contributed by atoms with Gasteiger partial charge >= 0.3 is 0 Å². The summed E-state index contributed by atoms with van der Waals surface area (Å²) in [5.74, 6) is -1.46. The predicted octanol–water partition coefficient (Wildman–Crippen LogP) is 1.83. The lowest BCUT2D eigenvalue weighted by Gasteiger charge is -2.01. The lowest BCUT2D eigenvalue weighted by atomic mass is 10.2. The Kier molecular flexibility index (Phi) is 2.95. The first-order valence-electron chi connectivity index (χ1n) is 3.34. The van der Waals surface area contributed by atoms with Crippen molar-refractivity contribution in [3.05, 3.63) is 33.5 Å². The minimum atomic E-state index is -3.00. The SMILES string of the molecule is O=C(Cl)c1cc(C(F)F)[nH]c(=O)c1F. The van der Waals surface area contributed by atoms with E-state index in [-0.39, 0.29) is 0 Å². The molecular weight excluding hydrogens is 223 g/mol. The Labute approximate surface area is 80.5 Å². The highest BCUT2D eigenvalue weighted by molar-refractivity contribution is 6.67. The molecule has 0 aliphatic heterocycles. The molecule has 0 atom stereocenters. The number of hydrogen-bond donors (Lipinski definition) is 1. The number of carbonyl (C=O) groups excluding carboxylic acids is 1. The molecule has 0 aliphatic rings. The van der Waals surface area contributed by atoms with Crippen LogP contribution in [0.4, 0.5) is 13.2 Å². The van der Waals surface area contributed by atoms with Crippen LogP contribution in [0.25, 0.3) is 0 Å². The van der Waals surface area contributed by atoms with Crippen LogP contribution in [0, 0.1) is 5.82 Å². The highest BCUT2D eigenvalue weighted by atomic mass is 35.5. The van der Waals surface area contributed by atoms with E-state index >= 15 is 0 Å². The largest absolute Gasteiger partial charge is 0.318 e. The molecule has 1 N–H and O–H groups in total. The molecule has 7 heteroatoms. The lowest BCUT2D eigenvalue weighted by molar-refractivity contribution is 0.107. The molecule has 0 fully saturated rings. The first kappa shape index (κ1) is 10.8. The van der Waals surface area contributed by atoms with Crippen LogP contribution in [-0.2, 0) is 0 Å². The first-order chi connectivity index (χ1) is 6.43. The molecule has 0 unspecified atom stereocenters. The van der Waals surface area contributed by atoms with E-state index in [4.69, 9.17) is 11.6 Å². The molecule has 14 heavy (non-hydrogen) atoms. The van der Waals surface area contributed by atoms with Gasteiger partial charge in [0.1, 0.15) is 0 Å². The molecule has 1 rings (SSSR count). The Morgan fingerprint density at radius 2 is 2.07 bits per heavy atom. The van der Waals surface area contributed by atoms with Crippen LogP contribution >= 0.6 is 11.6 Å². The smallest absolute Gasteiger partial charge is 0.285 e. The third-order valence-corrected chi connectivity index (χ3v) is 1.64. The van der Waals surface area contributed by atoms with Crippen molar-refractivity contribution >= 4 is 16.8 Å². The van der Waals surface area contributed by atoms with E-state index in [1.807, 2.05) is 0 Å². The van der Waals surface area contributed by atoms with Gasteiger partial charge in [0.15, 0.2) is 5.82 Å². The number of carbonyl (C=O) groups is 1. The highest BCUT2D eigenvalue weighted by Crippen LogP contribution is 2.17. The fraction of sp³-hybridized carbons (Fsp3) is 0.143. The standard InChI is InChI=1S/C7H3ClF3NO2/c8-5(13)2-1-3(6(10)11)12-7(14)4(2)9/h1,6H,(H,12,14). The van der Waals surface area contributed by atoms with Gasteiger partial charge in [0.2, 0.25) is 0 Å². The van der Waals surface area contributed by atoms with Crippen LogP contribution in [0.1, 0.15) is 22.5 Å². The number of rotatable bonds is 2. The number of hydrogen-bond acceptors (Lipinski definition) is 2.